The van der Waals surface area contributed by atoms with Crippen LogP contribution in [0.15, 0.2) is 39.5 Å². The highest BCUT2D eigenvalue weighted by Crippen LogP contribution is 2.38. The van der Waals surface area contributed by atoms with Gasteiger partial charge in [-0.15, -0.1) is 0 Å². The highest BCUT2D eigenvalue weighted by molar-refractivity contribution is 6.04. The molecule has 1 aromatic heterocycles. The number of fused-ring (bicyclic) bond motifs is 3. The van der Waals surface area contributed by atoms with E-state index >= 15 is 0 Å². The second-order valence-corrected chi connectivity index (χ2v) is 8.34. The maximum atomic E-state index is 14.9. The smallest absolute Gasteiger partial charge is 0.344 e. The molecule has 2 aromatic carbocycles. The van der Waals surface area contributed by atoms with Gasteiger partial charge in [0.15, 0.2) is 11.4 Å². The molecule has 148 valence electrons. The summed E-state index contributed by atoms with van der Waals surface area (Å²) in [6.45, 7) is 4.35. The highest BCUT2D eigenvalue weighted by atomic mass is 19.1. The second kappa shape index (κ2) is 8.06. The molecule has 4 rings (SSSR count). The van der Waals surface area contributed by atoms with Crippen LogP contribution in [0.4, 0.5) is 4.39 Å². The van der Waals surface area contributed by atoms with Crippen molar-refractivity contribution >= 4 is 21.7 Å². The Kier molecular flexibility index (Phi) is 5.52. The minimum atomic E-state index is -0.432. The maximum Gasteiger partial charge on any atom is 0.344 e. The van der Waals surface area contributed by atoms with Crippen molar-refractivity contribution in [2.24, 2.45) is 5.92 Å². The molecule has 28 heavy (non-hydrogen) atoms. The van der Waals surface area contributed by atoms with Crippen LogP contribution in [0, 0.1) is 11.7 Å². The number of benzene rings is 2. The first-order valence-corrected chi connectivity index (χ1v) is 10.8. The van der Waals surface area contributed by atoms with Crippen LogP contribution in [0.1, 0.15) is 75.8 Å². The first-order chi connectivity index (χ1) is 13.6. The lowest BCUT2D eigenvalue weighted by atomic mass is 9.77. The predicted octanol–water partition coefficient (Wildman–Crippen LogP) is 7.11. The van der Waals surface area contributed by atoms with Crippen molar-refractivity contribution in [3.05, 3.63) is 57.7 Å². The molecule has 2 nitrogen and oxygen atoms in total. The lowest BCUT2D eigenvalue weighted by Gasteiger charge is -2.28. The van der Waals surface area contributed by atoms with E-state index in [2.05, 4.69) is 19.9 Å². The molecule has 1 heterocycles. The van der Waals surface area contributed by atoms with Gasteiger partial charge in [-0.1, -0.05) is 51.0 Å². The molecule has 0 N–H and O–H groups in total. The summed E-state index contributed by atoms with van der Waals surface area (Å²) in [6.07, 6.45) is 8.72. The van der Waals surface area contributed by atoms with Gasteiger partial charge in [0.25, 0.3) is 0 Å². The molecular formula is C25H29FO2. The molecule has 0 amide bonds. The number of hydrogen-bond donors (Lipinski definition) is 0. The standard InChI is InChI=1S/C25H29FO2/c1-3-5-6-18-11-14-21-20-13-12-19(17-9-7-16(4-2)8-10-17)15-22(20)25(27)28-24(21)23(18)26/h11-17H,3-10H2,1-2H3. The molecule has 0 atom stereocenters. The quantitative estimate of drug-likeness (QED) is 0.349. The van der Waals surface area contributed by atoms with Gasteiger partial charge in [-0.05, 0) is 67.6 Å². The summed E-state index contributed by atoms with van der Waals surface area (Å²) in [5.41, 5.74) is 1.51. The van der Waals surface area contributed by atoms with E-state index in [1.807, 2.05) is 24.3 Å². The second-order valence-electron chi connectivity index (χ2n) is 8.34. The minimum Gasteiger partial charge on any atom is -0.419 e. The molecule has 0 aliphatic heterocycles. The highest BCUT2D eigenvalue weighted by Gasteiger charge is 2.22. The first-order valence-electron chi connectivity index (χ1n) is 10.8. The Morgan fingerprint density at radius 2 is 1.75 bits per heavy atom. The van der Waals surface area contributed by atoms with Crippen molar-refractivity contribution in [1.82, 2.24) is 0 Å². The van der Waals surface area contributed by atoms with Crippen molar-refractivity contribution in [3.8, 4) is 0 Å². The van der Waals surface area contributed by atoms with E-state index in [9.17, 15) is 9.18 Å². The summed E-state index contributed by atoms with van der Waals surface area (Å²) in [7, 11) is 0. The van der Waals surface area contributed by atoms with Gasteiger partial charge in [0.2, 0.25) is 0 Å². The zero-order valence-corrected chi connectivity index (χ0v) is 16.9. The van der Waals surface area contributed by atoms with E-state index in [-0.39, 0.29) is 11.4 Å². The van der Waals surface area contributed by atoms with E-state index in [1.54, 1.807) is 0 Å². The Labute approximate surface area is 165 Å². The fourth-order valence-corrected chi connectivity index (χ4v) is 4.74. The van der Waals surface area contributed by atoms with Gasteiger partial charge >= 0.3 is 5.63 Å². The topological polar surface area (TPSA) is 30.2 Å². The van der Waals surface area contributed by atoms with Gasteiger partial charge in [-0.3, -0.25) is 0 Å². The van der Waals surface area contributed by atoms with Gasteiger partial charge in [0.1, 0.15) is 0 Å². The molecule has 0 saturated heterocycles. The average Bonchev–Trinajstić information content (AvgIpc) is 2.74. The van der Waals surface area contributed by atoms with Crippen LogP contribution in [0.5, 0.6) is 0 Å². The van der Waals surface area contributed by atoms with Gasteiger partial charge in [0, 0.05) is 10.8 Å². The molecule has 1 fully saturated rings. The third-order valence-electron chi connectivity index (χ3n) is 6.62. The van der Waals surface area contributed by atoms with E-state index in [0.29, 0.717) is 28.7 Å². The molecule has 3 aromatic rings. The van der Waals surface area contributed by atoms with Crippen LogP contribution in [-0.2, 0) is 6.42 Å². The zero-order chi connectivity index (χ0) is 19.7. The minimum absolute atomic E-state index is 0.0994. The van der Waals surface area contributed by atoms with Gasteiger partial charge in [-0.2, -0.15) is 0 Å². The number of hydrogen-bond acceptors (Lipinski definition) is 2. The Balaban J connectivity index is 1.75. The van der Waals surface area contributed by atoms with E-state index in [4.69, 9.17) is 4.42 Å². The average molecular weight is 381 g/mol. The van der Waals surface area contributed by atoms with Crippen LogP contribution >= 0.6 is 0 Å². The molecule has 0 spiro atoms. The molecule has 1 aliphatic carbocycles. The number of unbranched alkanes of at least 4 members (excludes halogenated alkanes) is 1. The lowest BCUT2D eigenvalue weighted by molar-refractivity contribution is 0.319. The van der Waals surface area contributed by atoms with Crippen molar-refractivity contribution < 1.29 is 8.81 Å². The molecule has 0 unspecified atom stereocenters. The maximum absolute atomic E-state index is 14.9. The van der Waals surface area contributed by atoms with Gasteiger partial charge < -0.3 is 4.42 Å². The normalized spacial score (nSPS) is 20.1. The van der Waals surface area contributed by atoms with Gasteiger partial charge in [0.05, 0.1) is 5.39 Å². The monoisotopic (exact) mass is 380 g/mol. The third-order valence-corrected chi connectivity index (χ3v) is 6.62. The molecule has 3 heteroatoms. The molecular weight excluding hydrogens is 351 g/mol. The molecule has 1 saturated carbocycles. The molecule has 1 aliphatic rings. The summed E-state index contributed by atoms with van der Waals surface area (Å²) < 4.78 is 20.4. The Bertz CT molecular complexity index is 1040. The predicted molar refractivity (Wildman–Crippen MR) is 114 cm³/mol. The SMILES string of the molecule is CCCCc1ccc2c(oc(=O)c3cc(C4CCC(CC)CC4)ccc32)c1F. The van der Waals surface area contributed by atoms with Crippen LogP contribution in [-0.4, -0.2) is 0 Å². The van der Waals surface area contributed by atoms with Crippen molar-refractivity contribution in [2.75, 3.05) is 0 Å². The van der Waals surface area contributed by atoms with Crippen molar-refractivity contribution in [3.63, 3.8) is 0 Å². The van der Waals surface area contributed by atoms with Crippen molar-refractivity contribution in [2.45, 2.75) is 71.1 Å². The number of halogens is 1. The lowest BCUT2D eigenvalue weighted by Crippen LogP contribution is -2.13. The largest absolute Gasteiger partial charge is 0.419 e. The fraction of sp³-hybridized carbons (Fsp3) is 0.480. The van der Waals surface area contributed by atoms with Gasteiger partial charge in [-0.25, -0.2) is 9.18 Å². The first kappa shape index (κ1) is 19.2. The summed E-state index contributed by atoms with van der Waals surface area (Å²) in [5, 5.41) is 2.05. The Hall–Kier alpha value is -2.16. The molecule has 0 bridgehead atoms. The Morgan fingerprint density at radius 1 is 1.00 bits per heavy atom. The van der Waals surface area contributed by atoms with Crippen LogP contribution in [0.2, 0.25) is 0 Å². The van der Waals surface area contributed by atoms with Crippen LogP contribution < -0.4 is 5.63 Å². The van der Waals surface area contributed by atoms with E-state index < -0.39 is 5.63 Å². The van der Waals surface area contributed by atoms with Crippen molar-refractivity contribution in [1.29, 1.82) is 0 Å². The number of rotatable bonds is 5. The zero-order valence-electron chi connectivity index (χ0n) is 16.9. The summed E-state index contributed by atoms with van der Waals surface area (Å²) >= 11 is 0. The van der Waals surface area contributed by atoms with E-state index in [1.165, 1.54) is 37.7 Å². The summed E-state index contributed by atoms with van der Waals surface area (Å²) in [5.74, 6) is 0.970. The van der Waals surface area contributed by atoms with Crippen LogP contribution in [0.3, 0.4) is 0 Å². The third kappa shape index (κ3) is 3.47. The fourth-order valence-electron chi connectivity index (χ4n) is 4.74. The summed E-state index contributed by atoms with van der Waals surface area (Å²) in [4.78, 5) is 12.7. The van der Waals surface area contributed by atoms with Crippen LogP contribution in [0.25, 0.3) is 21.7 Å². The summed E-state index contributed by atoms with van der Waals surface area (Å²) in [6, 6.07) is 9.84. The van der Waals surface area contributed by atoms with E-state index in [0.717, 1.165) is 24.1 Å². The number of aryl methyl sites for hydroxylation is 1. The Morgan fingerprint density at radius 3 is 2.46 bits per heavy atom. The molecule has 0 radical (unpaired) electrons.